The highest BCUT2D eigenvalue weighted by atomic mass is 35.5. The Morgan fingerprint density at radius 1 is 1.18 bits per heavy atom. The summed E-state index contributed by atoms with van der Waals surface area (Å²) in [6, 6.07) is 4.02. The van der Waals surface area contributed by atoms with Gasteiger partial charge >= 0.3 is 6.01 Å². The summed E-state index contributed by atoms with van der Waals surface area (Å²) in [4.78, 5) is 14.6. The number of aromatic nitrogens is 6. The number of anilines is 1. The van der Waals surface area contributed by atoms with Crippen molar-refractivity contribution in [3.8, 4) is 17.3 Å². The highest BCUT2D eigenvalue weighted by Crippen LogP contribution is 2.51. The van der Waals surface area contributed by atoms with Gasteiger partial charge in [0.2, 0.25) is 0 Å². The van der Waals surface area contributed by atoms with E-state index in [1.165, 1.54) is 12.8 Å². The minimum absolute atomic E-state index is 0.00932. The molecule has 1 saturated carbocycles. The first-order valence-corrected chi connectivity index (χ1v) is 16.6. The van der Waals surface area contributed by atoms with Crippen LogP contribution in [0.1, 0.15) is 56.9 Å². The summed E-state index contributed by atoms with van der Waals surface area (Å²) in [6.07, 6.45) is 10.0. The van der Waals surface area contributed by atoms with Crippen molar-refractivity contribution >= 4 is 44.7 Å². The minimum atomic E-state index is -0.470. The summed E-state index contributed by atoms with van der Waals surface area (Å²) in [7, 11) is 0. The Bertz CT molecular complexity index is 1940. The van der Waals surface area contributed by atoms with Crippen LogP contribution in [0.3, 0.4) is 0 Å². The third kappa shape index (κ3) is 4.41. The molecule has 5 aromatic rings. The molecule has 0 amide bonds. The molecule has 234 valence electrons. The summed E-state index contributed by atoms with van der Waals surface area (Å²) in [6.45, 7) is 7.44. The van der Waals surface area contributed by atoms with Crippen molar-refractivity contribution in [3.63, 3.8) is 0 Å². The standard InChI is InChI=1S/C33H36ClFN8O2/c1-19-16-41(12-13-44-17-19)31-27-24-6-9-37-43(24)30(26-21-15-36-40-23(21)14-22(34)25(26)20-4-5-20)28(35)29(27)38-32(39-31)45-18-33-7-2-10-42(33)11-3-8-33/h6,9,14-15,19-20H,2-5,7-8,10-13,16-18H2,1H3,(H,36,40). The van der Waals surface area contributed by atoms with Gasteiger partial charge in [-0.2, -0.15) is 20.2 Å². The van der Waals surface area contributed by atoms with Crippen molar-refractivity contribution in [1.82, 2.24) is 34.7 Å². The van der Waals surface area contributed by atoms with Gasteiger partial charge in [-0.05, 0) is 81.1 Å². The van der Waals surface area contributed by atoms with Crippen LogP contribution in [0.5, 0.6) is 6.01 Å². The van der Waals surface area contributed by atoms with Gasteiger partial charge < -0.3 is 14.4 Å². The number of benzene rings is 1. The lowest BCUT2D eigenvalue weighted by Crippen LogP contribution is -2.43. The van der Waals surface area contributed by atoms with E-state index in [0.717, 1.165) is 67.3 Å². The number of rotatable bonds is 6. The van der Waals surface area contributed by atoms with Gasteiger partial charge in [0.1, 0.15) is 23.6 Å². The zero-order valence-electron chi connectivity index (χ0n) is 25.4. The van der Waals surface area contributed by atoms with Gasteiger partial charge in [-0.15, -0.1) is 0 Å². The van der Waals surface area contributed by atoms with Gasteiger partial charge in [-0.1, -0.05) is 18.5 Å². The first-order chi connectivity index (χ1) is 22.0. The zero-order chi connectivity index (χ0) is 30.3. The highest BCUT2D eigenvalue weighted by molar-refractivity contribution is 6.33. The fourth-order valence-corrected chi connectivity index (χ4v) is 8.50. The van der Waals surface area contributed by atoms with Crippen molar-refractivity contribution < 1.29 is 13.9 Å². The molecule has 0 bridgehead atoms. The molecule has 10 nitrogen and oxygen atoms in total. The average Bonchev–Trinajstić information content (AvgIpc) is 3.31. The van der Waals surface area contributed by atoms with Crippen molar-refractivity contribution in [2.75, 3.05) is 50.9 Å². The van der Waals surface area contributed by atoms with Crippen molar-refractivity contribution in [2.24, 2.45) is 5.92 Å². The van der Waals surface area contributed by atoms with E-state index in [9.17, 15) is 0 Å². The van der Waals surface area contributed by atoms with Gasteiger partial charge in [0.05, 0.1) is 47.6 Å². The third-order valence-corrected chi connectivity index (χ3v) is 10.7. The molecule has 1 aliphatic carbocycles. The van der Waals surface area contributed by atoms with E-state index < -0.39 is 5.82 Å². The van der Waals surface area contributed by atoms with Crippen LogP contribution < -0.4 is 9.64 Å². The topological polar surface area (TPSA) is 96.7 Å². The predicted molar refractivity (Wildman–Crippen MR) is 171 cm³/mol. The molecule has 7 heterocycles. The number of halogens is 2. The molecule has 4 aliphatic rings. The molecule has 45 heavy (non-hydrogen) atoms. The molecule has 1 unspecified atom stereocenters. The number of hydrogen-bond acceptors (Lipinski definition) is 8. The molecule has 1 aromatic carbocycles. The molecule has 0 spiro atoms. The van der Waals surface area contributed by atoms with E-state index in [1.807, 2.05) is 12.1 Å². The fraction of sp³-hybridized carbons (Fsp3) is 0.515. The summed E-state index contributed by atoms with van der Waals surface area (Å²) in [5.74, 6) is 0.712. The Morgan fingerprint density at radius 2 is 2.02 bits per heavy atom. The van der Waals surface area contributed by atoms with E-state index in [2.05, 4.69) is 32.0 Å². The quantitative estimate of drug-likeness (QED) is 0.245. The maximum Gasteiger partial charge on any atom is 0.319 e. The second-order valence-corrected chi connectivity index (χ2v) is 13.8. The van der Waals surface area contributed by atoms with Crippen LogP contribution in [0.4, 0.5) is 10.2 Å². The number of fused-ring (bicyclic) bond motifs is 5. The Labute approximate surface area is 264 Å². The molecular weight excluding hydrogens is 595 g/mol. The van der Waals surface area contributed by atoms with Crippen molar-refractivity contribution in [2.45, 2.75) is 56.9 Å². The molecule has 3 aliphatic heterocycles. The maximum atomic E-state index is 17.5. The van der Waals surface area contributed by atoms with E-state index in [-0.39, 0.29) is 28.9 Å². The third-order valence-electron chi connectivity index (χ3n) is 10.4. The van der Waals surface area contributed by atoms with Crippen LogP contribution in [0.15, 0.2) is 24.5 Å². The molecule has 4 fully saturated rings. The first-order valence-electron chi connectivity index (χ1n) is 16.2. The van der Waals surface area contributed by atoms with E-state index in [4.69, 9.17) is 31.0 Å². The second kappa shape index (κ2) is 10.5. The van der Waals surface area contributed by atoms with Crippen LogP contribution in [0.2, 0.25) is 5.02 Å². The number of hydrogen-bond donors (Lipinski definition) is 1. The highest BCUT2D eigenvalue weighted by Gasteiger charge is 2.45. The Morgan fingerprint density at radius 3 is 2.84 bits per heavy atom. The Kier molecular flexibility index (Phi) is 6.47. The van der Waals surface area contributed by atoms with E-state index in [0.29, 0.717) is 53.8 Å². The lowest BCUT2D eigenvalue weighted by atomic mass is 9.95. The Hall–Kier alpha value is -3.54. The monoisotopic (exact) mass is 630 g/mol. The smallest absolute Gasteiger partial charge is 0.319 e. The lowest BCUT2D eigenvalue weighted by molar-refractivity contribution is 0.108. The molecule has 4 aromatic heterocycles. The van der Waals surface area contributed by atoms with Gasteiger partial charge in [0, 0.05) is 29.1 Å². The average molecular weight is 631 g/mol. The SMILES string of the molecule is CC1COCCN(c2nc(OCC34CCCN3CCC4)nc3c(F)c(-c4c(C5CC5)c(Cl)cc5[nH]ncc45)n4nccc4c23)C1. The molecule has 1 atom stereocenters. The summed E-state index contributed by atoms with van der Waals surface area (Å²) >= 11 is 6.91. The number of pyridine rings is 1. The number of H-pyrrole nitrogens is 1. The maximum absolute atomic E-state index is 17.5. The molecule has 12 heteroatoms. The molecule has 0 radical (unpaired) electrons. The summed E-state index contributed by atoms with van der Waals surface area (Å²) in [5, 5.41) is 14.0. The Balaban J connectivity index is 1.28. The van der Waals surface area contributed by atoms with Crippen LogP contribution in [-0.2, 0) is 4.74 Å². The van der Waals surface area contributed by atoms with Gasteiger partial charge in [-0.3, -0.25) is 10.00 Å². The summed E-state index contributed by atoms with van der Waals surface area (Å²) < 4.78 is 31.6. The van der Waals surface area contributed by atoms with E-state index in [1.54, 1.807) is 16.9 Å². The van der Waals surface area contributed by atoms with Crippen molar-refractivity contribution in [1.29, 1.82) is 0 Å². The predicted octanol–water partition coefficient (Wildman–Crippen LogP) is 5.97. The normalized spacial score (nSPS) is 22.1. The minimum Gasteiger partial charge on any atom is -0.461 e. The number of nitrogens with one attached hydrogen (secondary N) is 1. The number of nitrogens with zero attached hydrogens (tertiary/aromatic N) is 7. The van der Waals surface area contributed by atoms with E-state index >= 15 is 4.39 Å². The van der Waals surface area contributed by atoms with Crippen LogP contribution >= 0.6 is 11.6 Å². The van der Waals surface area contributed by atoms with Crippen LogP contribution in [0.25, 0.3) is 38.6 Å². The zero-order valence-corrected chi connectivity index (χ0v) is 26.1. The summed E-state index contributed by atoms with van der Waals surface area (Å²) in [5.41, 5.74) is 3.70. The molecule has 3 saturated heterocycles. The van der Waals surface area contributed by atoms with Gasteiger partial charge in [0.15, 0.2) is 5.82 Å². The number of ether oxygens (including phenoxy) is 2. The van der Waals surface area contributed by atoms with Gasteiger partial charge in [0.25, 0.3) is 0 Å². The fourth-order valence-electron chi connectivity index (χ4n) is 8.14. The van der Waals surface area contributed by atoms with Crippen LogP contribution in [-0.4, -0.2) is 86.2 Å². The number of aromatic amines is 1. The van der Waals surface area contributed by atoms with Gasteiger partial charge in [-0.25, -0.2) is 8.91 Å². The van der Waals surface area contributed by atoms with Crippen LogP contribution in [0, 0.1) is 11.7 Å². The molecule has 9 rings (SSSR count). The molecular formula is C33H36ClFN8O2. The largest absolute Gasteiger partial charge is 0.461 e. The second-order valence-electron chi connectivity index (χ2n) is 13.4. The molecule has 1 N–H and O–H groups in total. The van der Waals surface area contributed by atoms with Crippen molar-refractivity contribution in [3.05, 3.63) is 40.9 Å². The first kappa shape index (κ1) is 27.7. The lowest BCUT2D eigenvalue weighted by Gasteiger charge is -2.31.